The summed E-state index contributed by atoms with van der Waals surface area (Å²) in [6, 6.07) is 7.84. The summed E-state index contributed by atoms with van der Waals surface area (Å²) in [5, 5.41) is 32.5. The van der Waals surface area contributed by atoms with Gasteiger partial charge in [-0.2, -0.15) is 21.0 Å². The summed E-state index contributed by atoms with van der Waals surface area (Å²) in [6.07, 6.45) is 1.90. The number of nitrogens with zero attached hydrogens (tertiary/aromatic N) is 6. The van der Waals surface area contributed by atoms with Crippen molar-refractivity contribution in [3.05, 3.63) is 0 Å². The SMILES string of the molecule is CC(C(C)S(=O)(=O)N(CCCC#N)CCCC#N)S(=O)(=O)N(CCCC#N)CCCC#N. The van der Waals surface area contributed by atoms with Crippen LogP contribution in [0.5, 0.6) is 0 Å². The van der Waals surface area contributed by atoms with Crippen molar-refractivity contribution < 1.29 is 16.8 Å². The molecule has 0 heterocycles. The standard InChI is InChI=1S/C20H32N6O4S2/c1-19(31(27,28)25(15-7-3-11-21)16-8-4-12-22)20(2)32(29,30)26(17-9-5-13-23)18-10-6-14-24/h19-20H,3-10,15-18H2,1-2H3. The highest BCUT2D eigenvalue weighted by molar-refractivity contribution is 7.93. The molecule has 0 spiro atoms. The number of nitriles is 4. The smallest absolute Gasteiger partial charge is 0.212 e. The van der Waals surface area contributed by atoms with Gasteiger partial charge in [-0.3, -0.25) is 0 Å². The lowest BCUT2D eigenvalue weighted by Crippen LogP contribution is -2.49. The van der Waals surface area contributed by atoms with Crippen molar-refractivity contribution >= 4 is 20.0 Å². The molecule has 0 aliphatic rings. The molecule has 2 unspecified atom stereocenters. The Morgan fingerprint density at radius 2 is 0.781 bits per heavy atom. The molecule has 0 N–H and O–H groups in total. The summed E-state index contributed by atoms with van der Waals surface area (Å²) < 4.78 is 55.3. The van der Waals surface area contributed by atoms with E-state index in [1.165, 1.54) is 22.5 Å². The van der Waals surface area contributed by atoms with E-state index in [9.17, 15) is 16.8 Å². The van der Waals surface area contributed by atoms with Gasteiger partial charge in [0.25, 0.3) is 0 Å². The van der Waals surface area contributed by atoms with Crippen molar-refractivity contribution in [3.63, 3.8) is 0 Å². The molecule has 0 aliphatic heterocycles. The Bertz CT molecular complexity index is 821. The van der Waals surface area contributed by atoms with Crippen molar-refractivity contribution in [1.29, 1.82) is 21.0 Å². The summed E-state index contributed by atoms with van der Waals surface area (Å²) in [7, 11) is -8.05. The molecule has 0 aromatic rings. The van der Waals surface area contributed by atoms with Crippen LogP contribution in [-0.4, -0.2) is 62.1 Å². The molecule has 32 heavy (non-hydrogen) atoms. The van der Waals surface area contributed by atoms with E-state index >= 15 is 0 Å². The molecule has 0 fully saturated rings. The molecule has 0 amide bonds. The number of hydrogen-bond acceptors (Lipinski definition) is 8. The molecule has 10 nitrogen and oxygen atoms in total. The highest BCUT2D eigenvalue weighted by atomic mass is 32.2. The van der Waals surface area contributed by atoms with Gasteiger partial charge < -0.3 is 0 Å². The summed E-state index contributed by atoms with van der Waals surface area (Å²) >= 11 is 0. The van der Waals surface area contributed by atoms with Crippen LogP contribution >= 0.6 is 0 Å². The third-order valence-electron chi connectivity index (χ3n) is 5.10. The van der Waals surface area contributed by atoms with Crippen LogP contribution in [0.2, 0.25) is 0 Å². The largest absolute Gasteiger partial charge is 0.218 e. The van der Waals surface area contributed by atoms with Gasteiger partial charge in [-0.15, -0.1) is 0 Å². The third kappa shape index (κ3) is 9.51. The first-order chi connectivity index (χ1) is 15.1. The Hall–Kier alpha value is -2.22. The Kier molecular flexibility index (Phi) is 14.5. The first-order valence-corrected chi connectivity index (χ1v) is 13.6. The lowest BCUT2D eigenvalue weighted by Gasteiger charge is -2.31. The fraction of sp³-hybridized carbons (Fsp3) is 0.800. The van der Waals surface area contributed by atoms with Crippen LogP contribution in [0, 0.1) is 45.3 Å². The van der Waals surface area contributed by atoms with Crippen LogP contribution in [0.15, 0.2) is 0 Å². The number of hydrogen-bond donors (Lipinski definition) is 0. The van der Waals surface area contributed by atoms with Crippen molar-refractivity contribution in [2.24, 2.45) is 0 Å². The summed E-state index contributed by atoms with van der Waals surface area (Å²) in [6.45, 7) is 3.00. The maximum atomic E-state index is 13.2. The topological polar surface area (TPSA) is 170 Å². The van der Waals surface area contributed by atoms with Gasteiger partial charge in [-0.25, -0.2) is 25.4 Å². The maximum absolute atomic E-state index is 13.2. The minimum atomic E-state index is -4.02. The minimum absolute atomic E-state index is 0.0759. The quantitative estimate of drug-likeness (QED) is 0.283. The van der Waals surface area contributed by atoms with E-state index < -0.39 is 30.5 Å². The van der Waals surface area contributed by atoms with Gasteiger partial charge >= 0.3 is 0 Å². The molecule has 178 valence electrons. The minimum Gasteiger partial charge on any atom is -0.212 e. The second-order valence-corrected chi connectivity index (χ2v) is 11.9. The van der Waals surface area contributed by atoms with E-state index in [0.717, 1.165) is 0 Å². The second kappa shape index (κ2) is 15.6. The number of sulfonamides is 2. The predicted molar refractivity (Wildman–Crippen MR) is 119 cm³/mol. The van der Waals surface area contributed by atoms with Crippen LogP contribution in [-0.2, 0) is 20.0 Å². The highest BCUT2D eigenvalue weighted by Gasteiger charge is 2.40. The Morgan fingerprint density at radius 1 is 0.562 bits per heavy atom. The van der Waals surface area contributed by atoms with Gasteiger partial charge in [0.2, 0.25) is 20.0 Å². The van der Waals surface area contributed by atoms with E-state index in [-0.39, 0.29) is 51.9 Å². The number of rotatable bonds is 17. The zero-order valence-corrected chi connectivity index (χ0v) is 20.4. The van der Waals surface area contributed by atoms with Gasteiger partial charge in [0, 0.05) is 51.9 Å². The fourth-order valence-corrected chi connectivity index (χ4v) is 7.31. The molecule has 0 saturated heterocycles. The van der Waals surface area contributed by atoms with Crippen LogP contribution in [0.3, 0.4) is 0 Å². The van der Waals surface area contributed by atoms with E-state index in [1.807, 2.05) is 24.3 Å². The van der Waals surface area contributed by atoms with E-state index in [1.54, 1.807) is 0 Å². The maximum Gasteiger partial charge on any atom is 0.218 e. The molecule has 0 aliphatic carbocycles. The van der Waals surface area contributed by atoms with Crippen LogP contribution in [0.25, 0.3) is 0 Å². The van der Waals surface area contributed by atoms with E-state index in [4.69, 9.17) is 21.0 Å². The van der Waals surface area contributed by atoms with E-state index in [2.05, 4.69) is 0 Å². The van der Waals surface area contributed by atoms with Crippen LogP contribution < -0.4 is 0 Å². The average molecular weight is 485 g/mol. The van der Waals surface area contributed by atoms with Crippen molar-refractivity contribution in [2.75, 3.05) is 26.2 Å². The molecular formula is C20H32N6O4S2. The van der Waals surface area contributed by atoms with Crippen molar-refractivity contribution in [1.82, 2.24) is 8.61 Å². The zero-order chi connectivity index (χ0) is 24.6. The Balaban J connectivity index is 5.71. The summed E-state index contributed by atoms with van der Waals surface area (Å²) in [5.41, 5.74) is 0. The number of unbranched alkanes of at least 4 members (excludes halogenated alkanes) is 4. The van der Waals surface area contributed by atoms with Gasteiger partial charge in [0.15, 0.2) is 0 Å². The molecule has 0 saturated carbocycles. The average Bonchev–Trinajstić information content (AvgIpc) is 2.76. The van der Waals surface area contributed by atoms with E-state index in [0.29, 0.717) is 25.7 Å². The van der Waals surface area contributed by atoms with Gasteiger partial charge in [0.1, 0.15) is 0 Å². The summed E-state index contributed by atoms with van der Waals surface area (Å²) in [5.74, 6) is 0. The molecule has 0 rings (SSSR count). The first kappa shape index (κ1) is 29.8. The predicted octanol–water partition coefficient (Wildman–Crippen LogP) is 2.24. The molecule has 2 atom stereocenters. The molecule has 0 radical (unpaired) electrons. The fourth-order valence-electron chi connectivity index (χ4n) is 3.03. The molecule has 0 aromatic heterocycles. The third-order valence-corrected chi connectivity index (χ3v) is 10.1. The second-order valence-electron chi connectivity index (χ2n) is 7.34. The molecule has 0 aromatic carbocycles. The highest BCUT2D eigenvalue weighted by Crippen LogP contribution is 2.22. The molecule has 12 heteroatoms. The zero-order valence-electron chi connectivity index (χ0n) is 18.8. The lowest BCUT2D eigenvalue weighted by molar-refractivity contribution is 0.383. The van der Waals surface area contributed by atoms with Gasteiger partial charge in [0.05, 0.1) is 34.8 Å². The Labute approximate surface area is 192 Å². The van der Waals surface area contributed by atoms with Crippen molar-refractivity contribution in [2.45, 2.75) is 75.7 Å². The van der Waals surface area contributed by atoms with Gasteiger partial charge in [-0.1, -0.05) is 0 Å². The van der Waals surface area contributed by atoms with Crippen LogP contribution in [0.4, 0.5) is 0 Å². The monoisotopic (exact) mass is 484 g/mol. The van der Waals surface area contributed by atoms with Crippen LogP contribution in [0.1, 0.15) is 65.2 Å². The van der Waals surface area contributed by atoms with Crippen molar-refractivity contribution in [3.8, 4) is 24.3 Å². The molecule has 0 bridgehead atoms. The first-order valence-electron chi connectivity index (χ1n) is 10.6. The Morgan fingerprint density at radius 3 is 0.969 bits per heavy atom. The molecular weight excluding hydrogens is 452 g/mol. The lowest BCUT2D eigenvalue weighted by atomic mass is 10.3. The van der Waals surface area contributed by atoms with Gasteiger partial charge in [-0.05, 0) is 39.5 Å². The summed E-state index contributed by atoms with van der Waals surface area (Å²) in [4.78, 5) is 0. The normalized spacial score (nSPS) is 13.6.